The van der Waals surface area contributed by atoms with Crippen LogP contribution in [0.5, 0.6) is 0 Å². The fraction of sp³-hybridized carbons (Fsp3) is 0.429. The van der Waals surface area contributed by atoms with Crippen LogP contribution in [0.4, 0.5) is 0 Å². The van der Waals surface area contributed by atoms with Gasteiger partial charge in [0.15, 0.2) is 0 Å². The summed E-state index contributed by atoms with van der Waals surface area (Å²) in [5, 5.41) is 0.816. The van der Waals surface area contributed by atoms with Crippen molar-refractivity contribution in [2.75, 3.05) is 19.6 Å². The highest BCUT2D eigenvalue weighted by Gasteiger charge is 2.60. The van der Waals surface area contributed by atoms with E-state index < -0.39 is 0 Å². The summed E-state index contributed by atoms with van der Waals surface area (Å²) in [7, 11) is 0. The van der Waals surface area contributed by atoms with E-state index in [4.69, 9.17) is 18.0 Å². The number of benzene rings is 1. The van der Waals surface area contributed by atoms with E-state index >= 15 is 0 Å². The van der Waals surface area contributed by atoms with Gasteiger partial charge < -0.3 is 0 Å². The van der Waals surface area contributed by atoms with Gasteiger partial charge >= 0.3 is 0 Å². The van der Waals surface area contributed by atoms with Gasteiger partial charge in [0.25, 0.3) is 0 Å². The molecule has 1 heterocycles. The van der Waals surface area contributed by atoms with Crippen molar-refractivity contribution in [1.82, 2.24) is 4.90 Å². The van der Waals surface area contributed by atoms with Crippen LogP contribution in [0.2, 0.25) is 5.02 Å². The lowest BCUT2D eigenvalue weighted by Gasteiger charge is -2.18. The first-order valence-corrected chi connectivity index (χ1v) is 6.04. The van der Waals surface area contributed by atoms with Crippen molar-refractivity contribution in [1.29, 1.82) is 0 Å². The Kier molecular flexibility index (Phi) is 2.24. The first kappa shape index (κ1) is 10.2. The summed E-state index contributed by atoms with van der Waals surface area (Å²) >= 11 is 5.92. The summed E-state index contributed by atoms with van der Waals surface area (Å²) in [6, 6.07) is 8.32. The standard InChI is InChI=1S/C14H14ClN/c1-2-7-16-9-12-8-14(12,10-16)11-3-5-13(15)6-4-11/h1,3-6,12H,7-10H2. The Morgan fingerprint density at radius 3 is 2.88 bits per heavy atom. The van der Waals surface area contributed by atoms with Gasteiger partial charge in [0.05, 0.1) is 6.54 Å². The van der Waals surface area contributed by atoms with Gasteiger partial charge in [-0.2, -0.15) is 0 Å². The van der Waals surface area contributed by atoms with Crippen LogP contribution < -0.4 is 0 Å². The first-order valence-electron chi connectivity index (χ1n) is 5.66. The lowest BCUT2D eigenvalue weighted by atomic mass is 9.95. The number of hydrogen-bond donors (Lipinski definition) is 0. The lowest BCUT2D eigenvalue weighted by molar-refractivity contribution is 0.334. The van der Waals surface area contributed by atoms with E-state index in [1.165, 1.54) is 12.0 Å². The minimum Gasteiger partial charge on any atom is -0.291 e. The van der Waals surface area contributed by atoms with E-state index in [-0.39, 0.29) is 0 Å². The zero-order valence-corrected chi connectivity index (χ0v) is 9.87. The van der Waals surface area contributed by atoms with Crippen LogP contribution in [0.25, 0.3) is 0 Å². The maximum Gasteiger partial charge on any atom is 0.0599 e. The van der Waals surface area contributed by atoms with Gasteiger partial charge in [0.2, 0.25) is 0 Å². The molecule has 2 unspecified atom stereocenters. The summed E-state index contributed by atoms with van der Waals surface area (Å²) in [6.07, 6.45) is 6.68. The maximum absolute atomic E-state index is 5.92. The molecule has 0 radical (unpaired) electrons. The number of hydrogen-bond acceptors (Lipinski definition) is 1. The predicted molar refractivity (Wildman–Crippen MR) is 66.5 cm³/mol. The highest BCUT2D eigenvalue weighted by molar-refractivity contribution is 6.30. The Labute approximate surface area is 101 Å². The first-order chi connectivity index (χ1) is 7.74. The molecule has 0 amide bonds. The molecule has 82 valence electrons. The summed E-state index contributed by atoms with van der Waals surface area (Å²) in [4.78, 5) is 2.38. The fourth-order valence-corrected chi connectivity index (χ4v) is 3.19. The molecule has 1 saturated heterocycles. The highest BCUT2D eigenvalue weighted by Crippen LogP contribution is 2.58. The van der Waals surface area contributed by atoms with Crippen LogP contribution in [0.1, 0.15) is 12.0 Å². The number of halogens is 1. The molecule has 1 saturated carbocycles. The number of nitrogens with zero attached hydrogens (tertiary/aromatic N) is 1. The van der Waals surface area contributed by atoms with E-state index in [0.29, 0.717) is 5.41 Å². The molecule has 2 atom stereocenters. The van der Waals surface area contributed by atoms with Gasteiger partial charge in [-0.15, -0.1) is 6.42 Å². The van der Waals surface area contributed by atoms with E-state index in [1.807, 2.05) is 12.1 Å². The lowest BCUT2D eigenvalue weighted by Crippen LogP contribution is -2.26. The van der Waals surface area contributed by atoms with Gasteiger partial charge in [-0.1, -0.05) is 29.7 Å². The summed E-state index contributed by atoms with van der Waals surface area (Å²) < 4.78 is 0. The molecule has 0 spiro atoms. The third-order valence-electron chi connectivity index (χ3n) is 3.95. The van der Waals surface area contributed by atoms with E-state index in [9.17, 15) is 0 Å². The molecular formula is C14H14ClN. The Balaban J connectivity index is 1.82. The quantitative estimate of drug-likeness (QED) is 0.708. The second-order valence-corrected chi connectivity index (χ2v) is 5.37. The molecule has 0 bridgehead atoms. The van der Waals surface area contributed by atoms with Crippen molar-refractivity contribution in [2.45, 2.75) is 11.8 Å². The second kappa shape index (κ2) is 3.52. The van der Waals surface area contributed by atoms with Crippen molar-refractivity contribution in [2.24, 2.45) is 5.92 Å². The smallest absolute Gasteiger partial charge is 0.0599 e. The number of terminal acetylenes is 1. The zero-order chi connectivity index (χ0) is 11.2. The van der Waals surface area contributed by atoms with Gasteiger partial charge in [-0.25, -0.2) is 0 Å². The number of likely N-dealkylation sites (tertiary alicyclic amines) is 1. The normalized spacial score (nSPS) is 32.1. The summed E-state index contributed by atoms with van der Waals surface area (Å²) in [5.41, 5.74) is 1.82. The van der Waals surface area contributed by atoms with E-state index in [2.05, 4.69) is 23.0 Å². The monoisotopic (exact) mass is 231 g/mol. The molecule has 0 aromatic heterocycles. The molecular weight excluding hydrogens is 218 g/mol. The van der Waals surface area contributed by atoms with Crippen molar-refractivity contribution in [3.8, 4) is 12.3 Å². The Hall–Kier alpha value is -0.970. The van der Waals surface area contributed by atoms with E-state index in [1.54, 1.807) is 0 Å². The van der Waals surface area contributed by atoms with Gasteiger partial charge in [-0.05, 0) is 30.0 Å². The highest BCUT2D eigenvalue weighted by atomic mass is 35.5. The Morgan fingerprint density at radius 2 is 2.19 bits per heavy atom. The van der Waals surface area contributed by atoms with Crippen molar-refractivity contribution in [3.63, 3.8) is 0 Å². The average Bonchev–Trinajstić information content (AvgIpc) is 2.84. The molecule has 16 heavy (non-hydrogen) atoms. The predicted octanol–water partition coefficient (Wildman–Crippen LogP) is 2.55. The van der Waals surface area contributed by atoms with Crippen molar-refractivity contribution < 1.29 is 0 Å². The fourth-order valence-electron chi connectivity index (χ4n) is 3.07. The van der Waals surface area contributed by atoms with Crippen LogP contribution in [0.3, 0.4) is 0 Å². The third kappa shape index (κ3) is 1.45. The Morgan fingerprint density at radius 1 is 1.44 bits per heavy atom. The minimum atomic E-state index is 0.390. The Bertz CT molecular complexity index is 445. The van der Waals surface area contributed by atoms with Crippen molar-refractivity contribution in [3.05, 3.63) is 34.9 Å². The SMILES string of the molecule is C#CCN1CC2CC2(c2ccc(Cl)cc2)C1. The van der Waals surface area contributed by atoms with Crippen molar-refractivity contribution >= 4 is 11.6 Å². The minimum absolute atomic E-state index is 0.390. The van der Waals surface area contributed by atoms with Gasteiger partial charge in [-0.3, -0.25) is 4.90 Å². The number of piperidine rings is 1. The zero-order valence-electron chi connectivity index (χ0n) is 9.12. The van der Waals surface area contributed by atoms with Crippen LogP contribution in [-0.4, -0.2) is 24.5 Å². The molecule has 1 nitrogen and oxygen atoms in total. The van der Waals surface area contributed by atoms with Crippen LogP contribution in [0.15, 0.2) is 24.3 Å². The molecule has 2 aliphatic rings. The average molecular weight is 232 g/mol. The van der Waals surface area contributed by atoms with E-state index in [0.717, 1.165) is 30.6 Å². The molecule has 2 fully saturated rings. The largest absolute Gasteiger partial charge is 0.291 e. The molecule has 1 aromatic rings. The second-order valence-electron chi connectivity index (χ2n) is 4.94. The molecule has 3 rings (SSSR count). The topological polar surface area (TPSA) is 3.24 Å². The van der Waals surface area contributed by atoms with Gasteiger partial charge in [0.1, 0.15) is 0 Å². The third-order valence-corrected chi connectivity index (χ3v) is 4.20. The molecule has 2 heteroatoms. The van der Waals surface area contributed by atoms with Crippen LogP contribution in [0, 0.1) is 18.3 Å². The molecule has 1 aromatic carbocycles. The van der Waals surface area contributed by atoms with Gasteiger partial charge in [0, 0.05) is 23.5 Å². The molecule has 1 aliphatic heterocycles. The molecule has 0 N–H and O–H groups in total. The number of fused-ring (bicyclic) bond motifs is 1. The number of rotatable bonds is 2. The maximum atomic E-state index is 5.92. The summed E-state index contributed by atoms with van der Waals surface area (Å²) in [5.74, 6) is 3.54. The summed E-state index contributed by atoms with van der Waals surface area (Å²) in [6.45, 7) is 3.06. The van der Waals surface area contributed by atoms with Crippen LogP contribution >= 0.6 is 11.6 Å². The van der Waals surface area contributed by atoms with Crippen LogP contribution in [-0.2, 0) is 5.41 Å². The molecule has 1 aliphatic carbocycles.